The Hall–Kier alpha value is -2.30. The third kappa shape index (κ3) is 3.60. The molecule has 0 aliphatic heterocycles. The summed E-state index contributed by atoms with van der Waals surface area (Å²) in [6, 6.07) is 7.44. The first-order valence-corrected chi connectivity index (χ1v) is 6.82. The van der Waals surface area contributed by atoms with Crippen LogP contribution in [0.1, 0.15) is 30.1 Å². The summed E-state index contributed by atoms with van der Waals surface area (Å²) in [5, 5.41) is 6.59. The Bertz CT molecular complexity index is 604. The number of H-pyrrole nitrogens is 1. The van der Waals surface area contributed by atoms with Gasteiger partial charge in [0.25, 0.3) is 5.91 Å². The quantitative estimate of drug-likeness (QED) is 0.751. The summed E-state index contributed by atoms with van der Waals surface area (Å²) in [5.41, 5.74) is 1.52. The molecule has 5 heteroatoms. The van der Waals surface area contributed by atoms with Gasteiger partial charge in [0.1, 0.15) is 0 Å². The maximum absolute atomic E-state index is 11.9. The number of aromatic nitrogens is 1. The summed E-state index contributed by atoms with van der Waals surface area (Å²) in [6.45, 7) is 3.02. The predicted molar refractivity (Wildman–Crippen MR) is 78.5 cm³/mol. The minimum atomic E-state index is -0.162. The van der Waals surface area contributed by atoms with Crippen LogP contribution in [-0.4, -0.2) is 29.9 Å². The molecule has 0 spiro atoms. The molecule has 3 N–H and O–H groups in total. The molecule has 0 bridgehead atoms. The Morgan fingerprint density at radius 3 is 2.80 bits per heavy atom. The molecule has 2 aromatic rings. The molecule has 1 aromatic heterocycles. The first-order valence-electron chi connectivity index (χ1n) is 6.82. The number of carbonyl (C=O) groups is 2. The SMILES string of the molecule is CCCNC(=O)CCNC(=O)c1ccc2cc[nH]c2c1. The molecule has 0 atom stereocenters. The molecular weight excluding hydrogens is 254 g/mol. The number of rotatable bonds is 6. The highest BCUT2D eigenvalue weighted by Crippen LogP contribution is 2.13. The molecule has 2 rings (SSSR count). The van der Waals surface area contributed by atoms with Crippen LogP contribution in [0.2, 0.25) is 0 Å². The number of aromatic amines is 1. The van der Waals surface area contributed by atoms with Crippen LogP contribution in [0.25, 0.3) is 10.9 Å². The summed E-state index contributed by atoms with van der Waals surface area (Å²) < 4.78 is 0. The van der Waals surface area contributed by atoms with Crippen molar-refractivity contribution in [2.75, 3.05) is 13.1 Å². The van der Waals surface area contributed by atoms with Crippen molar-refractivity contribution in [1.29, 1.82) is 0 Å². The van der Waals surface area contributed by atoms with Gasteiger partial charge in [0, 0.05) is 36.8 Å². The molecule has 0 aliphatic carbocycles. The molecule has 0 fully saturated rings. The lowest BCUT2D eigenvalue weighted by molar-refractivity contribution is -0.120. The average Bonchev–Trinajstić information content (AvgIpc) is 2.92. The van der Waals surface area contributed by atoms with Gasteiger partial charge >= 0.3 is 0 Å². The van der Waals surface area contributed by atoms with Crippen LogP contribution in [-0.2, 0) is 4.79 Å². The first kappa shape index (κ1) is 14.1. The van der Waals surface area contributed by atoms with E-state index in [2.05, 4.69) is 15.6 Å². The molecular formula is C15H19N3O2. The zero-order chi connectivity index (χ0) is 14.4. The van der Waals surface area contributed by atoms with Crippen molar-refractivity contribution in [1.82, 2.24) is 15.6 Å². The van der Waals surface area contributed by atoms with E-state index < -0.39 is 0 Å². The second kappa shape index (κ2) is 6.75. The van der Waals surface area contributed by atoms with Crippen molar-refractivity contribution in [3.63, 3.8) is 0 Å². The number of nitrogens with one attached hydrogen (secondary N) is 3. The maximum Gasteiger partial charge on any atom is 0.251 e. The Labute approximate surface area is 117 Å². The molecule has 5 nitrogen and oxygen atoms in total. The smallest absolute Gasteiger partial charge is 0.251 e. The fourth-order valence-corrected chi connectivity index (χ4v) is 1.93. The summed E-state index contributed by atoms with van der Waals surface area (Å²) in [4.78, 5) is 26.4. The molecule has 2 amide bonds. The third-order valence-electron chi connectivity index (χ3n) is 3.03. The second-order valence-corrected chi connectivity index (χ2v) is 4.64. The van der Waals surface area contributed by atoms with Crippen LogP contribution in [0.4, 0.5) is 0 Å². The van der Waals surface area contributed by atoms with E-state index in [0.29, 0.717) is 25.1 Å². The first-order chi connectivity index (χ1) is 9.70. The molecule has 1 heterocycles. The highest BCUT2D eigenvalue weighted by Gasteiger charge is 2.07. The van der Waals surface area contributed by atoms with Gasteiger partial charge in [-0.2, -0.15) is 0 Å². The number of hydrogen-bond donors (Lipinski definition) is 3. The lowest BCUT2D eigenvalue weighted by atomic mass is 10.1. The Kier molecular flexibility index (Phi) is 4.76. The molecule has 106 valence electrons. The van der Waals surface area contributed by atoms with Crippen LogP contribution in [0, 0.1) is 0 Å². The number of amides is 2. The Morgan fingerprint density at radius 1 is 1.15 bits per heavy atom. The maximum atomic E-state index is 11.9. The van der Waals surface area contributed by atoms with E-state index in [1.807, 2.05) is 31.3 Å². The van der Waals surface area contributed by atoms with Gasteiger partial charge in [-0.05, 0) is 30.0 Å². The van der Waals surface area contributed by atoms with Crippen LogP contribution < -0.4 is 10.6 Å². The highest BCUT2D eigenvalue weighted by atomic mass is 16.2. The van der Waals surface area contributed by atoms with Crippen LogP contribution >= 0.6 is 0 Å². The minimum Gasteiger partial charge on any atom is -0.361 e. The molecule has 1 aromatic carbocycles. The van der Waals surface area contributed by atoms with Crippen LogP contribution in [0.3, 0.4) is 0 Å². The number of benzene rings is 1. The third-order valence-corrected chi connectivity index (χ3v) is 3.03. The van der Waals surface area contributed by atoms with Gasteiger partial charge in [-0.15, -0.1) is 0 Å². The molecule has 0 unspecified atom stereocenters. The van der Waals surface area contributed by atoms with Gasteiger partial charge in [0.15, 0.2) is 0 Å². The van der Waals surface area contributed by atoms with Crippen molar-refractivity contribution >= 4 is 22.7 Å². The van der Waals surface area contributed by atoms with Crippen molar-refractivity contribution in [2.24, 2.45) is 0 Å². The summed E-state index contributed by atoms with van der Waals surface area (Å²) >= 11 is 0. The molecule has 20 heavy (non-hydrogen) atoms. The normalized spacial score (nSPS) is 10.4. The largest absolute Gasteiger partial charge is 0.361 e. The summed E-state index contributed by atoms with van der Waals surface area (Å²) in [5.74, 6) is -0.197. The van der Waals surface area contributed by atoms with Gasteiger partial charge in [-0.1, -0.05) is 13.0 Å². The van der Waals surface area contributed by atoms with E-state index in [9.17, 15) is 9.59 Å². The van der Waals surface area contributed by atoms with Crippen LogP contribution in [0.5, 0.6) is 0 Å². The van der Waals surface area contributed by atoms with Gasteiger partial charge in [0.2, 0.25) is 5.91 Å². The van der Waals surface area contributed by atoms with Gasteiger partial charge < -0.3 is 15.6 Å². The average molecular weight is 273 g/mol. The van der Waals surface area contributed by atoms with E-state index >= 15 is 0 Å². The predicted octanol–water partition coefficient (Wildman–Crippen LogP) is 1.81. The lowest BCUT2D eigenvalue weighted by Crippen LogP contribution is -2.31. The Balaban J connectivity index is 1.84. The van der Waals surface area contributed by atoms with E-state index in [4.69, 9.17) is 0 Å². The summed E-state index contributed by atoms with van der Waals surface area (Å²) in [6.07, 6.45) is 3.05. The summed E-state index contributed by atoms with van der Waals surface area (Å²) in [7, 11) is 0. The lowest BCUT2D eigenvalue weighted by Gasteiger charge is -2.06. The fourth-order valence-electron chi connectivity index (χ4n) is 1.93. The number of fused-ring (bicyclic) bond motifs is 1. The number of carbonyl (C=O) groups excluding carboxylic acids is 2. The van der Waals surface area contributed by atoms with Crippen molar-refractivity contribution in [2.45, 2.75) is 19.8 Å². The Morgan fingerprint density at radius 2 is 2.00 bits per heavy atom. The highest BCUT2D eigenvalue weighted by molar-refractivity contribution is 5.98. The zero-order valence-corrected chi connectivity index (χ0v) is 11.5. The van der Waals surface area contributed by atoms with E-state index in [1.54, 1.807) is 6.07 Å². The monoisotopic (exact) mass is 273 g/mol. The molecule has 0 saturated carbocycles. The topological polar surface area (TPSA) is 74.0 Å². The zero-order valence-electron chi connectivity index (χ0n) is 11.5. The van der Waals surface area contributed by atoms with E-state index in [-0.39, 0.29) is 11.8 Å². The number of hydrogen-bond acceptors (Lipinski definition) is 2. The molecule has 0 radical (unpaired) electrons. The van der Waals surface area contributed by atoms with Crippen LogP contribution in [0.15, 0.2) is 30.5 Å². The van der Waals surface area contributed by atoms with Gasteiger partial charge in [0.05, 0.1) is 0 Å². The van der Waals surface area contributed by atoms with Crippen molar-refractivity contribution in [3.05, 3.63) is 36.0 Å². The minimum absolute atomic E-state index is 0.0352. The second-order valence-electron chi connectivity index (χ2n) is 4.64. The standard InChI is InChI=1S/C15H19N3O2/c1-2-7-17-14(19)6-9-18-15(20)12-4-3-11-5-8-16-13(11)10-12/h3-5,8,10,16H,2,6-7,9H2,1H3,(H,17,19)(H,18,20). The van der Waals surface area contributed by atoms with E-state index in [1.165, 1.54) is 0 Å². The van der Waals surface area contributed by atoms with Crippen molar-refractivity contribution < 1.29 is 9.59 Å². The van der Waals surface area contributed by atoms with Gasteiger partial charge in [-0.3, -0.25) is 9.59 Å². The molecule has 0 saturated heterocycles. The van der Waals surface area contributed by atoms with E-state index in [0.717, 1.165) is 17.3 Å². The molecule has 0 aliphatic rings. The van der Waals surface area contributed by atoms with Gasteiger partial charge in [-0.25, -0.2) is 0 Å². The van der Waals surface area contributed by atoms with Crippen molar-refractivity contribution in [3.8, 4) is 0 Å². The fraction of sp³-hybridized carbons (Fsp3) is 0.333.